The topological polar surface area (TPSA) is 61.8 Å². The summed E-state index contributed by atoms with van der Waals surface area (Å²) in [4.78, 5) is 0. The molecule has 0 heterocycles. The second-order valence-electron chi connectivity index (χ2n) is 3.65. The third-order valence-electron chi connectivity index (χ3n) is 2.39. The van der Waals surface area contributed by atoms with Gasteiger partial charge in [-0.3, -0.25) is 0 Å². The Kier molecular flexibility index (Phi) is 3.49. The summed E-state index contributed by atoms with van der Waals surface area (Å²) < 4.78 is 14.1. The SMILES string of the molecule is N#Cc1ccc(Nc2ccc(N)cc2)c(F)c1Br. The molecule has 5 heteroatoms. The first kappa shape index (κ1) is 12.4. The van der Waals surface area contributed by atoms with Crippen molar-refractivity contribution < 1.29 is 4.39 Å². The summed E-state index contributed by atoms with van der Waals surface area (Å²) in [5.74, 6) is -0.495. The minimum atomic E-state index is -0.495. The molecule has 0 saturated carbocycles. The molecule has 0 unspecified atom stereocenters. The number of hydrogen-bond acceptors (Lipinski definition) is 3. The molecule has 0 spiro atoms. The molecule has 0 fully saturated rings. The Morgan fingerprint density at radius 1 is 1.17 bits per heavy atom. The summed E-state index contributed by atoms with van der Waals surface area (Å²) in [6.07, 6.45) is 0. The van der Waals surface area contributed by atoms with Gasteiger partial charge in [0.2, 0.25) is 0 Å². The predicted molar refractivity (Wildman–Crippen MR) is 73.0 cm³/mol. The molecule has 0 atom stereocenters. The van der Waals surface area contributed by atoms with Crippen molar-refractivity contribution in [2.45, 2.75) is 0 Å². The number of nitrogens with two attached hydrogens (primary N) is 1. The van der Waals surface area contributed by atoms with E-state index in [0.29, 0.717) is 11.4 Å². The van der Waals surface area contributed by atoms with Crippen LogP contribution in [0.15, 0.2) is 40.9 Å². The lowest BCUT2D eigenvalue weighted by Crippen LogP contribution is -1.96. The normalized spacial score (nSPS) is 9.83. The first-order valence-corrected chi connectivity index (χ1v) is 5.92. The Balaban J connectivity index is 2.33. The zero-order chi connectivity index (χ0) is 13.1. The van der Waals surface area contributed by atoms with Crippen LogP contribution in [0.25, 0.3) is 0 Å². The largest absolute Gasteiger partial charge is 0.399 e. The van der Waals surface area contributed by atoms with Crippen LogP contribution in [0.1, 0.15) is 5.56 Å². The second kappa shape index (κ2) is 5.07. The smallest absolute Gasteiger partial charge is 0.162 e. The van der Waals surface area contributed by atoms with Crippen LogP contribution in [0.3, 0.4) is 0 Å². The summed E-state index contributed by atoms with van der Waals surface area (Å²) in [5.41, 5.74) is 7.49. The van der Waals surface area contributed by atoms with E-state index in [0.717, 1.165) is 5.69 Å². The van der Waals surface area contributed by atoms with E-state index in [4.69, 9.17) is 11.0 Å². The Labute approximate surface area is 112 Å². The van der Waals surface area contributed by atoms with E-state index in [2.05, 4.69) is 21.2 Å². The Morgan fingerprint density at radius 3 is 2.44 bits per heavy atom. The molecule has 3 nitrogen and oxygen atoms in total. The van der Waals surface area contributed by atoms with Crippen molar-refractivity contribution >= 4 is 33.0 Å². The lowest BCUT2D eigenvalue weighted by atomic mass is 10.2. The van der Waals surface area contributed by atoms with Gasteiger partial charge in [0.25, 0.3) is 0 Å². The molecule has 0 radical (unpaired) electrons. The highest BCUT2D eigenvalue weighted by Gasteiger charge is 2.10. The van der Waals surface area contributed by atoms with Gasteiger partial charge in [0.05, 0.1) is 15.7 Å². The van der Waals surface area contributed by atoms with E-state index < -0.39 is 5.82 Å². The number of anilines is 3. The fraction of sp³-hybridized carbons (Fsp3) is 0. The maximum absolute atomic E-state index is 13.9. The van der Waals surface area contributed by atoms with Crippen LogP contribution in [-0.2, 0) is 0 Å². The molecule has 0 aliphatic rings. The van der Waals surface area contributed by atoms with Gasteiger partial charge in [-0.25, -0.2) is 4.39 Å². The summed E-state index contributed by atoms with van der Waals surface area (Å²) >= 11 is 3.06. The number of nitrogens with one attached hydrogen (secondary N) is 1. The molecule has 2 rings (SSSR count). The van der Waals surface area contributed by atoms with Crippen molar-refractivity contribution in [1.82, 2.24) is 0 Å². The van der Waals surface area contributed by atoms with E-state index in [9.17, 15) is 4.39 Å². The maximum atomic E-state index is 13.9. The minimum absolute atomic E-state index is 0.158. The summed E-state index contributed by atoms with van der Waals surface area (Å²) in [6, 6.07) is 11.9. The van der Waals surface area contributed by atoms with E-state index in [1.54, 1.807) is 30.3 Å². The number of nitrogens with zero attached hydrogens (tertiary/aromatic N) is 1. The molecule has 0 saturated heterocycles. The van der Waals surface area contributed by atoms with Gasteiger partial charge in [-0.15, -0.1) is 0 Å². The molecule has 18 heavy (non-hydrogen) atoms. The molecule has 0 amide bonds. The third-order valence-corrected chi connectivity index (χ3v) is 3.17. The second-order valence-corrected chi connectivity index (χ2v) is 4.44. The summed E-state index contributed by atoms with van der Waals surface area (Å²) in [5, 5.41) is 11.7. The Morgan fingerprint density at radius 2 is 1.83 bits per heavy atom. The summed E-state index contributed by atoms with van der Waals surface area (Å²) in [6.45, 7) is 0. The van der Waals surface area contributed by atoms with Crippen LogP contribution in [0, 0.1) is 17.1 Å². The monoisotopic (exact) mass is 305 g/mol. The standard InChI is InChI=1S/C13H9BrFN3/c14-12-8(7-16)1-6-11(13(12)15)18-10-4-2-9(17)3-5-10/h1-6,18H,17H2. The van der Waals surface area contributed by atoms with Crippen molar-refractivity contribution in [1.29, 1.82) is 5.26 Å². The molecule has 3 N–H and O–H groups in total. The van der Waals surface area contributed by atoms with Gasteiger partial charge < -0.3 is 11.1 Å². The van der Waals surface area contributed by atoms with E-state index in [-0.39, 0.29) is 10.0 Å². The van der Waals surface area contributed by atoms with Gasteiger partial charge in [-0.1, -0.05) is 0 Å². The highest BCUT2D eigenvalue weighted by atomic mass is 79.9. The van der Waals surface area contributed by atoms with Crippen LogP contribution in [0.2, 0.25) is 0 Å². The van der Waals surface area contributed by atoms with E-state index in [1.807, 2.05) is 6.07 Å². The lowest BCUT2D eigenvalue weighted by molar-refractivity contribution is 0.624. The number of rotatable bonds is 2. The number of benzene rings is 2. The van der Waals surface area contributed by atoms with Crippen molar-refractivity contribution in [3.8, 4) is 6.07 Å². The van der Waals surface area contributed by atoms with Crippen molar-refractivity contribution in [3.63, 3.8) is 0 Å². The quantitative estimate of drug-likeness (QED) is 0.830. The van der Waals surface area contributed by atoms with Crippen LogP contribution >= 0.6 is 15.9 Å². The fourth-order valence-corrected chi connectivity index (χ4v) is 1.89. The number of nitrogen functional groups attached to an aromatic ring is 1. The van der Waals surface area contributed by atoms with Gasteiger partial charge in [0.1, 0.15) is 6.07 Å². The number of hydrogen-bond donors (Lipinski definition) is 2. The fourth-order valence-electron chi connectivity index (χ4n) is 1.45. The van der Waals surface area contributed by atoms with Crippen molar-refractivity contribution in [2.75, 3.05) is 11.1 Å². The molecule has 0 aliphatic carbocycles. The van der Waals surface area contributed by atoms with Crippen LogP contribution in [0.4, 0.5) is 21.5 Å². The lowest BCUT2D eigenvalue weighted by Gasteiger charge is -2.09. The van der Waals surface area contributed by atoms with E-state index >= 15 is 0 Å². The molecule has 2 aromatic rings. The number of nitriles is 1. The van der Waals surface area contributed by atoms with Crippen molar-refractivity contribution in [3.05, 3.63) is 52.3 Å². The molecular formula is C13H9BrFN3. The zero-order valence-electron chi connectivity index (χ0n) is 9.24. The van der Waals surface area contributed by atoms with Crippen LogP contribution in [0.5, 0.6) is 0 Å². The van der Waals surface area contributed by atoms with Gasteiger partial charge in [-0.2, -0.15) is 5.26 Å². The van der Waals surface area contributed by atoms with Crippen LogP contribution < -0.4 is 11.1 Å². The third kappa shape index (κ3) is 2.44. The summed E-state index contributed by atoms with van der Waals surface area (Å²) in [7, 11) is 0. The molecule has 90 valence electrons. The first-order chi connectivity index (χ1) is 8.61. The Bertz CT molecular complexity index is 617. The zero-order valence-corrected chi connectivity index (χ0v) is 10.8. The molecule has 2 aromatic carbocycles. The molecular weight excluding hydrogens is 297 g/mol. The van der Waals surface area contributed by atoms with Crippen LogP contribution in [-0.4, -0.2) is 0 Å². The van der Waals surface area contributed by atoms with Gasteiger partial charge in [0, 0.05) is 11.4 Å². The average molecular weight is 306 g/mol. The first-order valence-electron chi connectivity index (χ1n) is 5.12. The predicted octanol–water partition coefficient (Wildman–Crippen LogP) is 3.79. The van der Waals surface area contributed by atoms with Crippen molar-refractivity contribution in [2.24, 2.45) is 0 Å². The minimum Gasteiger partial charge on any atom is -0.399 e. The maximum Gasteiger partial charge on any atom is 0.162 e. The number of halogens is 2. The molecule has 0 aromatic heterocycles. The molecule has 0 aliphatic heterocycles. The molecule has 0 bridgehead atoms. The van der Waals surface area contributed by atoms with Gasteiger partial charge >= 0.3 is 0 Å². The average Bonchev–Trinajstić information content (AvgIpc) is 2.38. The highest BCUT2D eigenvalue weighted by molar-refractivity contribution is 9.10. The van der Waals surface area contributed by atoms with E-state index in [1.165, 1.54) is 6.07 Å². The Hall–Kier alpha value is -2.06. The van der Waals surface area contributed by atoms with Gasteiger partial charge in [-0.05, 0) is 52.3 Å². The highest BCUT2D eigenvalue weighted by Crippen LogP contribution is 2.28. The van der Waals surface area contributed by atoms with Gasteiger partial charge in [0.15, 0.2) is 5.82 Å².